The van der Waals surface area contributed by atoms with Crippen LogP contribution in [0.15, 0.2) is 40.4 Å². The Morgan fingerprint density at radius 3 is 2.41 bits per heavy atom. The number of piperazine rings is 1. The van der Waals surface area contributed by atoms with Gasteiger partial charge in [-0.3, -0.25) is 14.8 Å². The summed E-state index contributed by atoms with van der Waals surface area (Å²) in [7, 11) is 3.87. The molecule has 2 aromatic heterocycles. The van der Waals surface area contributed by atoms with Crippen molar-refractivity contribution in [1.82, 2.24) is 30.0 Å². The van der Waals surface area contributed by atoms with Crippen LogP contribution in [-0.4, -0.2) is 95.3 Å². The Hall–Kier alpha value is -3.35. The summed E-state index contributed by atoms with van der Waals surface area (Å²) >= 11 is 1.47. The first-order chi connectivity index (χ1) is 18.9. The van der Waals surface area contributed by atoms with Crippen LogP contribution in [0.1, 0.15) is 25.5 Å². The average Bonchev–Trinajstić information content (AvgIpc) is 3.34. The first-order valence-electron chi connectivity index (χ1n) is 13.4. The van der Waals surface area contributed by atoms with Gasteiger partial charge < -0.3 is 25.2 Å². The van der Waals surface area contributed by atoms with E-state index in [0.29, 0.717) is 28.6 Å². The molecule has 1 amide bonds. The van der Waals surface area contributed by atoms with Gasteiger partial charge in [0.25, 0.3) is 0 Å². The highest BCUT2D eigenvalue weighted by molar-refractivity contribution is 7.99. The van der Waals surface area contributed by atoms with Gasteiger partial charge >= 0.3 is 0 Å². The smallest absolute Gasteiger partial charge is 0.221 e. The van der Waals surface area contributed by atoms with Crippen molar-refractivity contribution in [2.75, 3.05) is 69.0 Å². The highest BCUT2D eigenvalue weighted by Gasteiger charge is 2.29. The number of rotatable bonds is 8. The summed E-state index contributed by atoms with van der Waals surface area (Å²) in [5.41, 5.74) is 1.70. The second kappa shape index (κ2) is 12.2. The van der Waals surface area contributed by atoms with E-state index in [1.165, 1.54) is 44.6 Å². The fourth-order valence-electron chi connectivity index (χ4n) is 5.13. The number of piperidine rings is 1. The fourth-order valence-corrected chi connectivity index (χ4v) is 5.88. The Bertz CT molecular complexity index is 1270. The first kappa shape index (κ1) is 27.2. The predicted octanol–water partition coefficient (Wildman–Crippen LogP) is 3.59. The molecule has 0 aliphatic carbocycles. The third kappa shape index (κ3) is 6.81. The number of aromatic nitrogens is 4. The number of carbonyl (C=O) groups excluding carboxylic acids is 1. The number of methoxy groups -OCH3 is 1. The molecule has 208 valence electrons. The van der Waals surface area contributed by atoms with Crippen molar-refractivity contribution in [2.45, 2.75) is 42.8 Å². The number of aromatic amines is 1. The van der Waals surface area contributed by atoms with E-state index in [-0.39, 0.29) is 5.91 Å². The zero-order chi connectivity index (χ0) is 27.4. The number of nitrogens with zero attached hydrogens (tertiary/aromatic N) is 6. The minimum Gasteiger partial charge on any atom is -0.490 e. The fraction of sp³-hybridized carbons (Fsp3) is 0.481. The zero-order valence-electron chi connectivity index (χ0n) is 23.0. The van der Waals surface area contributed by atoms with Gasteiger partial charge in [0.2, 0.25) is 11.7 Å². The zero-order valence-corrected chi connectivity index (χ0v) is 23.8. The molecule has 2 aliphatic rings. The molecular formula is C27H37N9O2S. The molecule has 0 bridgehead atoms. The van der Waals surface area contributed by atoms with E-state index in [1.54, 1.807) is 7.11 Å². The van der Waals surface area contributed by atoms with E-state index in [4.69, 9.17) is 14.7 Å². The summed E-state index contributed by atoms with van der Waals surface area (Å²) in [5, 5.41) is 14.0. The number of ether oxygens (including phenoxy) is 1. The molecule has 1 aromatic carbocycles. The lowest BCUT2D eigenvalue weighted by atomic mass is 10.0. The summed E-state index contributed by atoms with van der Waals surface area (Å²) < 4.78 is 5.89. The lowest BCUT2D eigenvalue weighted by Gasteiger charge is -2.42. The van der Waals surface area contributed by atoms with Crippen LogP contribution in [-0.2, 0) is 4.79 Å². The number of carbonyl (C=O) groups is 1. The molecule has 5 rings (SSSR count). The van der Waals surface area contributed by atoms with E-state index in [9.17, 15) is 4.79 Å². The number of hydrogen-bond acceptors (Lipinski definition) is 10. The molecule has 2 saturated heterocycles. The quantitative estimate of drug-likeness (QED) is 0.359. The molecule has 11 nitrogen and oxygen atoms in total. The molecule has 2 aliphatic heterocycles. The van der Waals surface area contributed by atoms with Gasteiger partial charge in [0.15, 0.2) is 22.6 Å². The van der Waals surface area contributed by atoms with Crippen LogP contribution >= 0.6 is 11.8 Å². The molecule has 39 heavy (non-hydrogen) atoms. The molecule has 0 saturated carbocycles. The maximum atomic E-state index is 11.4. The number of anilines is 4. The van der Waals surface area contributed by atoms with Gasteiger partial charge in [-0.1, -0.05) is 0 Å². The summed E-state index contributed by atoms with van der Waals surface area (Å²) in [5.74, 6) is 2.53. The van der Waals surface area contributed by atoms with Crippen molar-refractivity contribution in [3.05, 3.63) is 36.0 Å². The third-order valence-corrected chi connectivity index (χ3v) is 8.06. The highest BCUT2D eigenvalue weighted by Crippen LogP contribution is 2.38. The summed E-state index contributed by atoms with van der Waals surface area (Å²) in [6, 6.07) is 10.2. The van der Waals surface area contributed by atoms with Crippen LogP contribution in [0.4, 0.5) is 23.1 Å². The number of amides is 1. The van der Waals surface area contributed by atoms with Gasteiger partial charge in [-0.05, 0) is 75.9 Å². The molecule has 3 aromatic rings. The molecule has 2 fully saturated rings. The van der Waals surface area contributed by atoms with Gasteiger partial charge in [0.1, 0.15) is 0 Å². The van der Waals surface area contributed by atoms with Gasteiger partial charge in [-0.25, -0.2) is 9.97 Å². The molecule has 12 heteroatoms. The topological polar surface area (TPSA) is 115 Å². The van der Waals surface area contributed by atoms with Crippen LogP contribution in [0.5, 0.6) is 5.75 Å². The monoisotopic (exact) mass is 551 g/mol. The molecule has 4 heterocycles. The van der Waals surface area contributed by atoms with E-state index in [1.807, 2.05) is 37.3 Å². The number of likely N-dealkylation sites (tertiary alicyclic amines) is 1. The largest absolute Gasteiger partial charge is 0.490 e. The second-order valence-electron chi connectivity index (χ2n) is 10.1. The van der Waals surface area contributed by atoms with Crippen molar-refractivity contribution in [3.63, 3.8) is 0 Å². The first-order valence-corrected chi connectivity index (χ1v) is 14.2. The Labute approximate surface area is 233 Å². The van der Waals surface area contributed by atoms with Crippen LogP contribution in [0.2, 0.25) is 0 Å². The third-order valence-electron chi connectivity index (χ3n) is 7.19. The summed E-state index contributed by atoms with van der Waals surface area (Å²) in [4.78, 5) is 29.5. The Morgan fingerprint density at radius 2 is 1.79 bits per heavy atom. The predicted molar refractivity (Wildman–Crippen MR) is 154 cm³/mol. The molecular weight excluding hydrogens is 514 g/mol. The Morgan fingerprint density at radius 1 is 1.08 bits per heavy atom. The number of hydrogen-bond donors (Lipinski definition) is 3. The molecule has 0 atom stereocenters. The number of aryl methyl sites for hydroxylation is 1. The number of benzene rings is 1. The molecule has 0 radical (unpaired) electrons. The van der Waals surface area contributed by atoms with Crippen LogP contribution < -0.4 is 20.3 Å². The van der Waals surface area contributed by atoms with Crippen LogP contribution in [0.25, 0.3) is 0 Å². The van der Waals surface area contributed by atoms with Crippen molar-refractivity contribution in [1.29, 1.82) is 0 Å². The minimum atomic E-state index is -0.0984. The van der Waals surface area contributed by atoms with Crippen molar-refractivity contribution in [3.8, 4) is 5.75 Å². The SMILES string of the molecule is COc1c(Nc2cc(C)[nH]n2)nc(Sc2ccc(NC(C)=O)cc2)nc1N1CCN(C2CCN(C)CC2)CC1. The van der Waals surface area contributed by atoms with E-state index < -0.39 is 0 Å². The van der Waals surface area contributed by atoms with Gasteiger partial charge in [0, 0.05) is 61.5 Å². The lowest BCUT2D eigenvalue weighted by Crippen LogP contribution is -2.53. The maximum Gasteiger partial charge on any atom is 0.221 e. The van der Waals surface area contributed by atoms with Gasteiger partial charge in [-0.15, -0.1) is 0 Å². The van der Waals surface area contributed by atoms with Crippen molar-refractivity contribution in [2.24, 2.45) is 0 Å². The minimum absolute atomic E-state index is 0.0984. The number of H-pyrrole nitrogens is 1. The van der Waals surface area contributed by atoms with E-state index in [0.717, 1.165) is 48.3 Å². The second-order valence-corrected chi connectivity index (χ2v) is 11.2. The molecule has 0 spiro atoms. The lowest BCUT2D eigenvalue weighted by molar-refractivity contribution is -0.114. The van der Waals surface area contributed by atoms with E-state index in [2.05, 4.69) is 42.6 Å². The maximum absolute atomic E-state index is 11.4. The Kier molecular flexibility index (Phi) is 8.53. The van der Waals surface area contributed by atoms with Crippen LogP contribution in [0.3, 0.4) is 0 Å². The number of nitrogens with one attached hydrogen (secondary N) is 3. The summed E-state index contributed by atoms with van der Waals surface area (Å²) in [6.07, 6.45) is 2.46. The average molecular weight is 552 g/mol. The van der Waals surface area contributed by atoms with Crippen molar-refractivity contribution < 1.29 is 9.53 Å². The summed E-state index contributed by atoms with van der Waals surface area (Å²) in [6.45, 7) is 9.52. The van der Waals surface area contributed by atoms with Crippen molar-refractivity contribution >= 4 is 40.8 Å². The normalized spacial score (nSPS) is 17.3. The highest BCUT2D eigenvalue weighted by atomic mass is 32.2. The van der Waals surface area contributed by atoms with Gasteiger partial charge in [0.05, 0.1) is 7.11 Å². The standard InChI is InChI=1S/C27H37N9O2S/c1-18-17-23(33-32-18)29-25-24(38-4)26(36-15-13-35(14-16-36)21-9-11-34(3)12-10-21)31-27(30-25)39-22-7-5-20(6-8-22)28-19(2)37/h5-8,17,21H,9-16H2,1-4H3,(H,28,37)(H2,29,30,31,32,33). The Balaban J connectivity index is 1.39. The van der Waals surface area contributed by atoms with E-state index >= 15 is 0 Å². The van der Waals surface area contributed by atoms with Gasteiger partial charge in [-0.2, -0.15) is 5.10 Å². The molecule has 3 N–H and O–H groups in total. The molecule has 0 unspecified atom stereocenters. The van der Waals surface area contributed by atoms with Crippen LogP contribution in [0, 0.1) is 6.92 Å².